The van der Waals surface area contributed by atoms with E-state index < -0.39 is 35.5 Å². The summed E-state index contributed by atoms with van der Waals surface area (Å²) in [6.45, 7) is 2.19. The fourth-order valence-corrected chi connectivity index (χ4v) is 5.92. The topological polar surface area (TPSA) is 83.6 Å². The summed E-state index contributed by atoms with van der Waals surface area (Å²) in [4.78, 5) is 32.4. The van der Waals surface area contributed by atoms with Gasteiger partial charge in [0.2, 0.25) is 0 Å². The number of piperidine rings is 1. The van der Waals surface area contributed by atoms with E-state index in [1.54, 1.807) is 25.3 Å². The molecule has 0 bridgehead atoms. The Bertz CT molecular complexity index is 1420. The molecule has 1 saturated heterocycles. The van der Waals surface area contributed by atoms with Crippen LogP contribution in [0.2, 0.25) is 0 Å². The summed E-state index contributed by atoms with van der Waals surface area (Å²) < 4.78 is 46.6. The third-order valence-corrected chi connectivity index (χ3v) is 7.98. The Balaban J connectivity index is 1.22. The first kappa shape index (κ1) is 27.5. The first-order valence-corrected chi connectivity index (χ1v) is 13.3. The highest BCUT2D eigenvalue weighted by Gasteiger charge is 2.41. The minimum absolute atomic E-state index is 0.0300. The fraction of sp³-hybridized carbons (Fsp3) is 0.367. The number of rotatable bonds is 7. The van der Waals surface area contributed by atoms with Crippen molar-refractivity contribution in [2.75, 3.05) is 18.6 Å². The van der Waals surface area contributed by atoms with Crippen LogP contribution in [0.1, 0.15) is 57.5 Å². The third kappa shape index (κ3) is 5.48. The molecule has 3 aromatic rings. The van der Waals surface area contributed by atoms with Crippen LogP contribution in [-0.4, -0.2) is 42.5 Å². The van der Waals surface area contributed by atoms with Crippen molar-refractivity contribution in [2.45, 2.75) is 51.2 Å². The first-order valence-electron chi connectivity index (χ1n) is 13.3. The number of halogens is 3. The maximum atomic E-state index is 13.9. The van der Waals surface area contributed by atoms with Gasteiger partial charge in [-0.05, 0) is 74.9 Å². The second-order valence-electron chi connectivity index (χ2n) is 10.3. The van der Waals surface area contributed by atoms with Crippen LogP contribution in [0.5, 0.6) is 5.75 Å². The van der Waals surface area contributed by atoms with E-state index in [1.165, 1.54) is 6.20 Å². The van der Waals surface area contributed by atoms with Crippen LogP contribution >= 0.6 is 0 Å². The van der Waals surface area contributed by atoms with Crippen molar-refractivity contribution in [2.24, 2.45) is 5.92 Å². The lowest BCUT2D eigenvalue weighted by molar-refractivity contribution is 0.0932. The van der Waals surface area contributed by atoms with Gasteiger partial charge in [0, 0.05) is 48.1 Å². The molecular weight excluding hydrogens is 521 g/mol. The number of methoxy groups -OCH3 is 1. The highest BCUT2D eigenvalue weighted by atomic mass is 19.2. The van der Waals surface area contributed by atoms with Crippen LogP contribution in [0.25, 0.3) is 0 Å². The molecule has 2 fully saturated rings. The van der Waals surface area contributed by atoms with Gasteiger partial charge < -0.3 is 20.3 Å². The molecule has 3 atom stereocenters. The van der Waals surface area contributed by atoms with E-state index in [0.717, 1.165) is 49.7 Å². The predicted octanol–water partition coefficient (Wildman–Crippen LogP) is 4.92. The summed E-state index contributed by atoms with van der Waals surface area (Å²) in [5.41, 5.74) is 1.09. The number of amides is 2. The molecular formula is C30H31F3N4O3. The van der Waals surface area contributed by atoms with Crippen molar-refractivity contribution in [3.8, 4) is 5.75 Å². The summed E-state index contributed by atoms with van der Waals surface area (Å²) in [6.07, 6.45) is 5.15. The monoisotopic (exact) mass is 552 g/mol. The van der Waals surface area contributed by atoms with Gasteiger partial charge in [-0.25, -0.2) is 18.2 Å². The molecule has 0 spiro atoms. The van der Waals surface area contributed by atoms with Crippen molar-refractivity contribution in [3.05, 3.63) is 88.4 Å². The molecule has 10 heteroatoms. The number of hydrogen-bond acceptors (Lipinski definition) is 5. The summed E-state index contributed by atoms with van der Waals surface area (Å²) in [6, 6.07) is 10.6. The molecule has 40 heavy (non-hydrogen) atoms. The number of carbonyl (C=O) groups excluding carboxylic acids is 2. The Labute approximate surface area is 230 Å². The number of anilines is 1. The van der Waals surface area contributed by atoms with Crippen LogP contribution in [0.4, 0.5) is 19.0 Å². The number of aromatic nitrogens is 1. The maximum Gasteiger partial charge on any atom is 0.253 e. The van der Waals surface area contributed by atoms with Gasteiger partial charge in [-0.15, -0.1) is 0 Å². The van der Waals surface area contributed by atoms with E-state index in [4.69, 9.17) is 4.74 Å². The van der Waals surface area contributed by atoms with Crippen molar-refractivity contribution in [1.82, 2.24) is 15.6 Å². The van der Waals surface area contributed by atoms with Crippen LogP contribution < -0.4 is 20.3 Å². The van der Waals surface area contributed by atoms with Crippen LogP contribution in [-0.2, 0) is 6.54 Å². The quantitative estimate of drug-likeness (QED) is 0.407. The number of pyridine rings is 1. The summed E-state index contributed by atoms with van der Waals surface area (Å²) in [7, 11) is 1.59. The molecule has 2 aromatic carbocycles. The molecule has 3 unspecified atom stereocenters. The number of nitrogens with zero attached hydrogens (tertiary/aromatic N) is 2. The van der Waals surface area contributed by atoms with Gasteiger partial charge >= 0.3 is 0 Å². The second-order valence-corrected chi connectivity index (χ2v) is 10.3. The van der Waals surface area contributed by atoms with Gasteiger partial charge in [-0.3, -0.25) is 9.59 Å². The van der Waals surface area contributed by atoms with Gasteiger partial charge in [0.25, 0.3) is 11.8 Å². The Morgan fingerprint density at radius 2 is 1.85 bits per heavy atom. The van der Waals surface area contributed by atoms with E-state index in [-0.39, 0.29) is 23.6 Å². The normalized spacial score (nSPS) is 20.1. The van der Waals surface area contributed by atoms with Crippen molar-refractivity contribution < 1.29 is 27.5 Å². The molecule has 1 aliphatic carbocycles. The van der Waals surface area contributed by atoms with Crippen LogP contribution in [0, 0.1) is 30.3 Å². The molecule has 1 aromatic heterocycles. The zero-order valence-corrected chi connectivity index (χ0v) is 22.3. The lowest BCUT2D eigenvalue weighted by Gasteiger charge is -2.38. The molecule has 2 heterocycles. The largest absolute Gasteiger partial charge is 0.496 e. The Hall–Kier alpha value is -4.08. The number of carbonyl (C=O) groups is 2. The molecule has 7 nitrogen and oxygen atoms in total. The molecule has 0 radical (unpaired) electrons. The Morgan fingerprint density at radius 1 is 1.05 bits per heavy atom. The summed E-state index contributed by atoms with van der Waals surface area (Å²) in [5.74, 6) is -2.31. The Kier molecular flexibility index (Phi) is 7.95. The van der Waals surface area contributed by atoms with Gasteiger partial charge in [0.05, 0.1) is 12.7 Å². The summed E-state index contributed by atoms with van der Waals surface area (Å²) >= 11 is 0. The van der Waals surface area contributed by atoms with Crippen molar-refractivity contribution >= 4 is 17.6 Å². The number of benzene rings is 2. The third-order valence-electron chi connectivity index (χ3n) is 7.98. The van der Waals surface area contributed by atoms with E-state index in [0.29, 0.717) is 23.3 Å². The first-order chi connectivity index (χ1) is 19.3. The molecule has 2 amide bonds. The predicted molar refractivity (Wildman–Crippen MR) is 144 cm³/mol. The number of nitrogens with one attached hydrogen (secondary N) is 2. The molecule has 2 N–H and O–H groups in total. The van der Waals surface area contributed by atoms with Crippen LogP contribution in [0.15, 0.2) is 48.7 Å². The summed E-state index contributed by atoms with van der Waals surface area (Å²) in [5, 5.41) is 5.63. The van der Waals surface area contributed by atoms with Crippen LogP contribution in [0.3, 0.4) is 0 Å². The van der Waals surface area contributed by atoms with E-state index in [1.807, 2.05) is 19.1 Å². The number of ether oxygens (including phenoxy) is 1. The van der Waals surface area contributed by atoms with E-state index >= 15 is 0 Å². The second kappa shape index (κ2) is 11.6. The van der Waals surface area contributed by atoms with Crippen molar-refractivity contribution in [1.29, 1.82) is 0 Å². The highest BCUT2D eigenvalue weighted by molar-refractivity contribution is 5.96. The van der Waals surface area contributed by atoms with E-state index in [2.05, 4.69) is 20.5 Å². The van der Waals surface area contributed by atoms with Gasteiger partial charge in [0.15, 0.2) is 11.6 Å². The van der Waals surface area contributed by atoms with Crippen molar-refractivity contribution in [3.63, 3.8) is 0 Å². The number of fused-ring (bicyclic) bond motifs is 1. The molecule has 1 aliphatic heterocycles. The molecule has 210 valence electrons. The van der Waals surface area contributed by atoms with Gasteiger partial charge in [-0.2, -0.15) is 0 Å². The number of hydrogen-bond donors (Lipinski definition) is 2. The lowest BCUT2D eigenvalue weighted by Crippen LogP contribution is -2.43. The van der Waals surface area contributed by atoms with Gasteiger partial charge in [-0.1, -0.05) is 6.07 Å². The van der Waals surface area contributed by atoms with Gasteiger partial charge in [0.1, 0.15) is 17.4 Å². The lowest BCUT2D eigenvalue weighted by atomic mass is 9.92. The SMILES string of the molecule is COc1cccc(C(=O)NC2CC3CCCN(c4ccc(C(=O)NCc5c(F)ccc(F)c5F)cn4)C3C2)c1C. The minimum Gasteiger partial charge on any atom is -0.496 e. The zero-order valence-electron chi connectivity index (χ0n) is 22.3. The Morgan fingerprint density at radius 3 is 2.60 bits per heavy atom. The average molecular weight is 553 g/mol. The van der Waals surface area contributed by atoms with E-state index in [9.17, 15) is 22.8 Å². The molecule has 2 aliphatic rings. The molecule has 5 rings (SSSR count). The fourth-order valence-electron chi connectivity index (χ4n) is 5.92. The molecule has 1 saturated carbocycles. The maximum absolute atomic E-state index is 13.9. The average Bonchev–Trinajstić information content (AvgIpc) is 3.37. The standard InChI is InChI=1S/C30H31F3N4O3/c1-17-21(6-3-7-26(17)40-2)30(39)36-20-13-18-5-4-12-37(25(18)14-20)27-11-8-19(15-34-27)29(38)35-16-22-23(31)9-10-24(32)28(22)33/h3,6-11,15,18,20,25H,4-5,12-14,16H2,1-2H3,(H,35,38)(H,36,39). The minimum atomic E-state index is -1.32. The zero-order chi connectivity index (χ0) is 28.4. The highest BCUT2D eigenvalue weighted by Crippen LogP contribution is 2.39. The smallest absolute Gasteiger partial charge is 0.253 e.